The molecule has 0 saturated heterocycles. The van der Waals surface area contributed by atoms with Gasteiger partial charge in [-0.15, -0.1) is 11.8 Å². The second-order valence-corrected chi connectivity index (χ2v) is 6.43. The standard InChI is InChI=1S/C10H15NO2S2/c1-14-10-5-3-4-9(8-10)11-6-7-15(2,12)13/h3-5,8,11H,6-7H2,1-2H3. The molecule has 1 aromatic rings. The van der Waals surface area contributed by atoms with E-state index in [0.717, 1.165) is 5.69 Å². The number of rotatable bonds is 5. The monoisotopic (exact) mass is 245 g/mol. The molecule has 0 bridgehead atoms. The van der Waals surface area contributed by atoms with Crippen molar-refractivity contribution in [2.24, 2.45) is 0 Å². The van der Waals surface area contributed by atoms with Crippen molar-refractivity contribution < 1.29 is 8.42 Å². The fraction of sp³-hybridized carbons (Fsp3) is 0.400. The fourth-order valence-electron chi connectivity index (χ4n) is 1.11. The third kappa shape index (κ3) is 5.09. The molecule has 5 heteroatoms. The smallest absolute Gasteiger partial charge is 0.149 e. The van der Waals surface area contributed by atoms with Crippen LogP contribution in [0.4, 0.5) is 5.69 Å². The minimum absolute atomic E-state index is 0.163. The quantitative estimate of drug-likeness (QED) is 0.804. The first-order valence-electron chi connectivity index (χ1n) is 4.57. The highest BCUT2D eigenvalue weighted by Gasteiger charge is 2.01. The summed E-state index contributed by atoms with van der Waals surface area (Å²) in [6.07, 6.45) is 3.25. The summed E-state index contributed by atoms with van der Waals surface area (Å²) in [5.74, 6) is 0.163. The maximum absolute atomic E-state index is 10.9. The van der Waals surface area contributed by atoms with E-state index in [1.807, 2.05) is 30.5 Å². The predicted molar refractivity (Wildman–Crippen MR) is 66.4 cm³/mol. The molecule has 0 aliphatic heterocycles. The minimum atomic E-state index is -2.88. The molecule has 0 fully saturated rings. The number of hydrogen-bond acceptors (Lipinski definition) is 4. The molecule has 15 heavy (non-hydrogen) atoms. The Bertz CT molecular complexity index is 415. The number of sulfone groups is 1. The van der Waals surface area contributed by atoms with Crippen LogP contribution in [0.15, 0.2) is 29.2 Å². The SMILES string of the molecule is CSc1cccc(NCCS(C)(=O)=O)c1. The van der Waals surface area contributed by atoms with E-state index in [1.165, 1.54) is 11.2 Å². The molecule has 1 aromatic carbocycles. The lowest BCUT2D eigenvalue weighted by molar-refractivity contribution is 0.602. The number of thioether (sulfide) groups is 1. The van der Waals surface area contributed by atoms with Crippen molar-refractivity contribution in [2.45, 2.75) is 4.90 Å². The molecule has 0 heterocycles. The lowest BCUT2D eigenvalue weighted by Gasteiger charge is -2.06. The van der Waals surface area contributed by atoms with Gasteiger partial charge in [0.15, 0.2) is 0 Å². The Kier molecular flexibility index (Phi) is 4.47. The molecule has 0 atom stereocenters. The topological polar surface area (TPSA) is 46.2 Å². The van der Waals surface area contributed by atoms with Gasteiger partial charge in [-0.25, -0.2) is 8.42 Å². The maximum atomic E-state index is 10.9. The van der Waals surface area contributed by atoms with Crippen LogP contribution in [0.3, 0.4) is 0 Å². The number of nitrogens with one attached hydrogen (secondary N) is 1. The van der Waals surface area contributed by atoms with Gasteiger partial charge >= 0.3 is 0 Å². The number of benzene rings is 1. The van der Waals surface area contributed by atoms with E-state index in [2.05, 4.69) is 5.32 Å². The Morgan fingerprint density at radius 3 is 2.73 bits per heavy atom. The first-order chi connectivity index (χ1) is 7.01. The lowest BCUT2D eigenvalue weighted by atomic mass is 10.3. The van der Waals surface area contributed by atoms with Crippen molar-refractivity contribution in [3.05, 3.63) is 24.3 Å². The van der Waals surface area contributed by atoms with Crippen LogP contribution in [0.1, 0.15) is 0 Å². The highest BCUT2D eigenvalue weighted by atomic mass is 32.2. The van der Waals surface area contributed by atoms with Gasteiger partial charge in [0.1, 0.15) is 9.84 Å². The normalized spacial score (nSPS) is 11.3. The van der Waals surface area contributed by atoms with Crippen LogP contribution in [0.5, 0.6) is 0 Å². The van der Waals surface area contributed by atoms with Gasteiger partial charge in [0.25, 0.3) is 0 Å². The highest BCUT2D eigenvalue weighted by Crippen LogP contribution is 2.18. The molecule has 0 aromatic heterocycles. The van der Waals surface area contributed by atoms with Crippen molar-refractivity contribution in [3.63, 3.8) is 0 Å². The summed E-state index contributed by atoms with van der Waals surface area (Å²) in [6, 6.07) is 7.91. The predicted octanol–water partition coefficient (Wildman–Crippen LogP) is 1.87. The number of hydrogen-bond donors (Lipinski definition) is 1. The Labute approximate surface area is 95.2 Å². The van der Waals surface area contributed by atoms with Crippen molar-refractivity contribution in [3.8, 4) is 0 Å². The molecule has 84 valence electrons. The summed E-state index contributed by atoms with van der Waals surface area (Å²) in [5, 5.41) is 3.08. The first-order valence-corrected chi connectivity index (χ1v) is 7.85. The van der Waals surface area contributed by atoms with Gasteiger partial charge < -0.3 is 5.32 Å². The average molecular weight is 245 g/mol. The Morgan fingerprint density at radius 1 is 1.40 bits per heavy atom. The van der Waals surface area contributed by atoms with Crippen LogP contribution >= 0.6 is 11.8 Å². The maximum Gasteiger partial charge on any atom is 0.149 e. The highest BCUT2D eigenvalue weighted by molar-refractivity contribution is 7.98. The largest absolute Gasteiger partial charge is 0.384 e. The second-order valence-electron chi connectivity index (χ2n) is 3.29. The van der Waals surface area contributed by atoms with Crippen molar-refractivity contribution in [1.29, 1.82) is 0 Å². The van der Waals surface area contributed by atoms with Gasteiger partial charge in [-0.2, -0.15) is 0 Å². The van der Waals surface area contributed by atoms with Crippen LogP contribution in [-0.2, 0) is 9.84 Å². The van der Waals surface area contributed by atoms with Gasteiger partial charge in [-0.1, -0.05) is 6.07 Å². The van der Waals surface area contributed by atoms with Crippen LogP contribution in [0.25, 0.3) is 0 Å². The molecule has 0 aliphatic carbocycles. The Balaban J connectivity index is 2.51. The van der Waals surface area contributed by atoms with Crippen molar-refractivity contribution in [2.75, 3.05) is 30.1 Å². The van der Waals surface area contributed by atoms with E-state index < -0.39 is 9.84 Å². The van der Waals surface area contributed by atoms with E-state index in [-0.39, 0.29) is 5.75 Å². The summed E-state index contributed by atoms with van der Waals surface area (Å²) >= 11 is 1.66. The van der Waals surface area contributed by atoms with E-state index in [9.17, 15) is 8.42 Å². The van der Waals surface area contributed by atoms with Gasteiger partial charge in [-0.3, -0.25) is 0 Å². The molecule has 0 saturated carbocycles. The van der Waals surface area contributed by atoms with Crippen LogP contribution in [-0.4, -0.2) is 33.2 Å². The molecule has 0 amide bonds. The zero-order valence-electron chi connectivity index (χ0n) is 8.86. The third-order valence-electron chi connectivity index (χ3n) is 1.87. The first kappa shape index (κ1) is 12.4. The van der Waals surface area contributed by atoms with Crippen molar-refractivity contribution >= 4 is 27.3 Å². The van der Waals surface area contributed by atoms with E-state index >= 15 is 0 Å². The van der Waals surface area contributed by atoms with E-state index in [1.54, 1.807) is 11.8 Å². The Hall–Kier alpha value is -0.680. The summed E-state index contributed by atoms with van der Waals surface area (Å²) in [7, 11) is -2.88. The molecule has 3 nitrogen and oxygen atoms in total. The zero-order chi connectivity index (χ0) is 11.3. The molecule has 1 rings (SSSR count). The second kappa shape index (κ2) is 5.42. The molecule has 0 unspecified atom stereocenters. The summed E-state index contributed by atoms with van der Waals surface area (Å²) in [4.78, 5) is 1.17. The van der Waals surface area contributed by atoms with Gasteiger partial charge in [0, 0.05) is 23.4 Å². The van der Waals surface area contributed by atoms with Crippen molar-refractivity contribution in [1.82, 2.24) is 0 Å². The third-order valence-corrected chi connectivity index (χ3v) is 3.54. The zero-order valence-corrected chi connectivity index (χ0v) is 10.5. The van der Waals surface area contributed by atoms with Crippen LogP contribution < -0.4 is 5.32 Å². The van der Waals surface area contributed by atoms with E-state index in [0.29, 0.717) is 6.54 Å². The molecule has 0 spiro atoms. The molecule has 0 radical (unpaired) electrons. The van der Waals surface area contributed by atoms with Gasteiger partial charge in [0.05, 0.1) is 5.75 Å². The Morgan fingerprint density at radius 2 is 2.13 bits per heavy atom. The minimum Gasteiger partial charge on any atom is -0.384 e. The molecular weight excluding hydrogens is 230 g/mol. The van der Waals surface area contributed by atoms with E-state index in [4.69, 9.17) is 0 Å². The lowest BCUT2D eigenvalue weighted by Crippen LogP contribution is -2.13. The van der Waals surface area contributed by atoms with Crippen LogP contribution in [0.2, 0.25) is 0 Å². The average Bonchev–Trinajstić information content (AvgIpc) is 2.16. The molecular formula is C10H15NO2S2. The summed E-state index contributed by atoms with van der Waals surface area (Å²) < 4.78 is 21.8. The molecule has 0 aliphatic rings. The number of anilines is 1. The van der Waals surface area contributed by atoms with Gasteiger partial charge in [-0.05, 0) is 24.5 Å². The summed E-state index contributed by atoms with van der Waals surface area (Å²) in [5.41, 5.74) is 0.963. The van der Waals surface area contributed by atoms with Gasteiger partial charge in [0.2, 0.25) is 0 Å². The fourth-order valence-corrected chi connectivity index (χ4v) is 2.05. The van der Waals surface area contributed by atoms with Crippen LogP contribution in [0, 0.1) is 0 Å². The molecule has 1 N–H and O–H groups in total. The summed E-state index contributed by atoms with van der Waals surface area (Å²) in [6.45, 7) is 0.455.